The molecule has 24 heavy (non-hydrogen) atoms. The van der Waals surface area contributed by atoms with Crippen molar-refractivity contribution in [3.8, 4) is 0 Å². The van der Waals surface area contributed by atoms with Gasteiger partial charge in [-0.3, -0.25) is 4.79 Å². The summed E-state index contributed by atoms with van der Waals surface area (Å²) in [5.74, 6) is -1.91. The molecule has 0 spiro atoms. The molecule has 0 radical (unpaired) electrons. The maximum absolute atomic E-state index is 13.3. The van der Waals surface area contributed by atoms with E-state index in [0.29, 0.717) is 17.7 Å². The number of amides is 1. The Hall–Kier alpha value is -2.31. The summed E-state index contributed by atoms with van der Waals surface area (Å²) in [4.78, 5) is 12.4. The smallest absolute Gasteiger partial charge is 0.346 e. The highest BCUT2D eigenvalue weighted by atomic mass is 19.4. The Balaban J connectivity index is 2.33. The largest absolute Gasteiger partial charge is 0.419 e. The predicted octanol–water partition coefficient (Wildman–Crippen LogP) is 5.10. The van der Waals surface area contributed by atoms with Crippen molar-refractivity contribution in [3.05, 3.63) is 52.6 Å². The van der Waals surface area contributed by atoms with Gasteiger partial charge in [0, 0.05) is 23.1 Å². The molecular weight excluding hydrogens is 324 g/mol. The number of aryl methyl sites for hydroxylation is 1. The first-order valence-electron chi connectivity index (χ1n) is 7.39. The topological polar surface area (TPSA) is 34.0 Å². The fourth-order valence-corrected chi connectivity index (χ4v) is 2.82. The minimum atomic E-state index is -4.82. The van der Waals surface area contributed by atoms with E-state index in [-0.39, 0.29) is 11.7 Å². The van der Waals surface area contributed by atoms with Gasteiger partial charge in [-0.2, -0.15) is 13.2 Å². The molecule has 0 aliphatic carbocycles. The lowest BCUT2D eigenvalue weighted by atomic mass is 10.1. The first-order chi connectivity index (χ1) is 11.0. The molecule has 1 amide bonds. The third-order valence-electron chi connectivity index (χ3n) is 3.78. The van der Waals surface area contributed by atoms with E-state index >= 15 is 0 Å². The summed E-state index contributed by atoms with van der Waals surface area (Å²) in [6.07, 6.45) is -4.82. The first-order valence-corrected chi connectivity index (χ1v) is 7.39. The zero-order chi connectivity index (χ0) is 18.2. The van der Waals surface area contributed by atoms with E-state index in [0.717, 1.165) is 17.5 Å². The number of carbonyl (C=O) groups excluding carboxylic acids is 1. The second-order valence-corrected chi connectivity index (χ2v) is 5.90. The second-order valence-electron chi connectivity index (χ2n) is 5.90. The van der Waals surface area contributed by atoms with Crippen LogP contribution in [0.15, 0.2) is 24.3 Å². The maximum Gasteiger partial charge on any atom is 0.419 e. The predicted molar refractivity (Wildman–Crippen MR) is 83.6 cm³/mol. The van der Waals surface area contributed by atoms with Crippen molar-refractivity contribution in [2.75, 3.05) is 5.32 Å². The van der Waals surface area contributed by atoms with Crippen molar-refractivity contribution in [1.82, 2.24) is 4.57 Å². The van der Waals surface area contributed by atoms with Crippen molar-refractivity contribution >= 4 is 11.6 Å². The lowest BCUT2D eigenvalue weighted by Crippen LogP contribution is -2.15. The van der Waals surface area contributed by atoms with Gasteiger partial charge in [-0.05, 0) is 52.0 Å². The van der Waals surface area contributed by atoms with E-state index in [4.69, 9.17) is 0 Å². The molecule has 0 bridgehead atoms. The van der Waals surface area contributed by atoms with Gasteiger partial charge in [0.15, 0.2) is 0 Å². The van der Waals surface area contributed by atoms with Crippen LogP contribution in [-0.2, 0) is 6.18 Å². The molecular formula is C17H18F4N2O. The van der Waals surface area contributed by atoms with E-state index in [1.54, 1.807) is 13.0 Å². The fourth-order valence-electron chi connectivity index (χ4n) is 2.82. The Kier molecular flexibility index (Phi) is 4.73. The Bertz CT molecular complexity index is 776. The second kappa shape index (κ2) is 6.30. The summed E-state index contributed by atoms with van der Waals surface area (Å²) in [6.45, 7) is 7.56. The number of anilines is 1. The van der Waals surface area contributed by atoms with Crippen LogP contribution in [0.3, 0.4) is 0 Å². The highest BCUT2D eigenvalue weighted by Gasteiger charge is 2.34. The molecule has 0 saturated carbocycles. The molecule has 2 aromatic rings. The lowest BCUT2D eigenvalue weighted by Gasteiger charge is -2.14. The summed E-state index contributed by atoms with van der Waals surface area (Å²) in [5.41, 5.74) is 0.455. The fraction of sp³-hybridized carbons (Fsp3) is 0.353. The zero-order valence-corrected chi connectivity index (χ0v) is 13.8. The highest BCUT2D eigenvalue weighted by molar-refractivity contribution is 6.05. The molecule has 130 valence electrons. The van der Waals surface area contributed by atoms with Crippen LogP contribution in [0.5, 0.6) is 0 Å². The summed E-state index contributed by atoms with van der Waals surface area (Å²) < 4.78 is 53.5. The van der Waals surface area contributed by atoms with E-state index in [1.807, 2.05) is 25.3 Å². The molecule has 3 nitrogen and oxygen atoms in total. The molecule has 1 aromatic carbocycles. The normalized spacial score (nSPS) is 11.9. The average Bonchev–Trinajstić information content (AvgIpc) is 2.75. The van der Waals surface area contributed by atoms with Gasteiger partial charge in [-0.25, -0.2) is 4.39 Å². The standard InChI is InChI=1S/C17H18F4N2O/c1-9(2)23-10(3)7-13(11(23)4)16(24)22-12-5-6-15(18)14(8-12)17(19,20)21/h5-9H,1-4H3,(H,22,24). The maximum atomic E-state index is 13.3. The highest BCUT2D eigenvalue weighted by Crippen LogP contribution is 2.33. The van der Waals surface area contributed by atoms with Crippen molar-refractivity contribution in [2.45, 2.75) is 39.9 Å². The van der Waals surface area contributed by atoms with Crippen LogP contribution >= 0.6 is 0 Å². The van der Waals surface area contributed by atoms with Gasteiger partial charge in [0.1, 0.15) is 5.82 Å². The molecule has 0 atom stereocenters. The molecule has 0 saturated heterocycles. The summed E-state index contributed by atoms with van der Waals surface area (Å²) in [5, 5.41) is 2.40. The Morgan fingerprint density at radius 1 is 1.17 bits per heavy atom. The number of nitrogens with zero attached hydrogens (tertiary/aromatic N) is 1. The van der Waals surface area contributed by atoms with Crippen LogP contribution in [0.4, 0.5) is 23.2 Å². The van der Waals surface area contributed by atoms with Gasteiger partial charge in [0.05, 0.1) is 11.1 Å². The van der Waals surface area contributed by atoms with E-state index in [2.05, 4.69) is 5.32 Å². The molecule has 0 fully saturated rings. The van der Waals surface area contributed by atoms with Crippen molar-refractivity contribution in [1.29, 1.82) is 0 Å². The number of rotatable bonds is 3. The van der Waals surface area contributed by atoms with E-state index < -0.39 is 23.5 Å². The van der Waals surface area contributed by atoms with Gasteiger partial charge >= 0.3 is 6.18 Å². The number of carbonyl (C=O) groups is 1. The minimum absolute atomic E-state index is 0.108. The van der Waals surface area contributed by atoms with Crippen molar-refractivity contribution in [3.63, 3.8) is 0 Å². The van der Waals surface area contributed by atoms with Crippen LogP contribution < -0.4 is 5.32 Å². The van der Waals surface area contributed by atoms with Crippen molar-refractivity contribution < 1.29 is 22.4 Å². The SMILES string of the molecule is Cc1cc(C(=O)Nc2ccc(F)c(C(F)(F)F)c2)c(C)n1C(C)C. The van der Waals surface area contributed by atoms with Crippen LogP contribution in [0.25, 0.3) is 0 Å². The quantitative estimate of drug-likeness (QED) is 0.774. The number of benzene rings is 1. The van der Waals surface area contributed by atoms with Gasteiger partial charge in [0.2, 0.25) is 0 Å². The Labute approximate surface area is 137 Å². The summed E-state index contributed by atoms with van der Waals surface area (Å²) in [7, 11) is 0. The average molecular weight is 342 g/mol. The molecule has 1 heterocycles. The number of alkyl halides is 3. The molecule has 1 N–H and O–H groups in total. The van der Waals surface area contributed by atoms with Gasteiger partial charge in [-0.1, -0.05) is 0 Å². The minimum Gasteiger partial charge on any atom is -0.346 e. The molecule has 1 aromatic heterocycles. The first kappa shape index (κ1) is 18.0. The Morgan fingerprint density at radius 3 is 2.29 bits per heavy atom. The number of aromatic nitrogens is 1. The monoisotopic (exact) mass is 342 g/mol. The number of hydrogen-bond acceptors (Lipinski definition) is 1. The zero-order valence-electron chi connectivity index (χ0n) is 13.8. The van der Waals surface area contributed by atoms with Gasteiger partial charge in [-0.15, -0.1) is 0 Å². The Morgan fingerprint density at radius 2 is 1.79 bits per heavy atom. The van der Waals surface area contributed by atoms with Gasteiger partial charge < -0.3 is 9.88 Å². The molecule has 0 aliphatic heterocycles. The summed E-state index contributed by atoms with van der Waals surface area (Å²) in [6, 6.07) is 4.21. The molecule has 0 aliphatic rings. The number of hydrogen-bond donors (Lipinski definition) is 1. The van der Waals surface area contributed by atoms with Crippen LogP contribution in [0.1, 0.15) is 47.2 Å². The summed E-state index contributed by atoms with van der Waals surface area (Å²) >= 11 is 0. The third kappa shape index (κ3) is 3.44. The van der Waals surface area contributed by atoms with Crippen LogP contribution in [-0.4, -0.2) is 10.5 Å². The van der Waals surface area contributed by atoms with Gasteiger partial charge in [0.25, 0.3) is 5.91 Å². The van der Waals surface area contributed by atoms with Crippen molar-refractivity contribution in [2.24, 2.45) is 0 Å². The molecule has 0 unspecified atom stereocenters. The molecule has 7 heteroatoms. The van der Waals surface area contributed by atoms with E-state index in [1.165, 1.54) is 0 Å². The number of nitrogens with one attached hydrogen (secondary N) is 1. The molecule has 2 rings (SSSR count). The third-order valence-corrected chi connectivity index (χ3v) is 3.78. The lowest BCUT2D eigenvalue weighted by molar-refractivity contribution is -0.139. The number of halogens is 4. The van der Waals surface area contributed by atoms with Crippen LogP contribution in [0.2, 0.25) is 0 Å². The van der Waals surface area contributed by atoms with Crippen LogP contribution in [0, 0.1) is 19.7 Å². The van der Waals surface area contributed by atoms with E-state index in [9.17, 15) is 22.4 Å².